The quantitative estimate of drug-likeness (QED) is 0.755. The van der Waals surface area contributed by atoms with E-state index in [4.69, 9.17) is 4.74 Å². The molecular weight excluding hydrogens is 282 g/mol. The molecule has 0 aliphatic rings. The highest BCUT2D eigenvalue weighted by atomic mass is 16.6. The molecule has 0 radical (unpaired) electrons. The largest absolute Gasteiger partial charge is 0.444 e. The summed E-state index contributed by atoms with van der Waals surface area (Å²) in [6.45, 7) is 9.21. The van der Waals surface area contributed by atoms with E-state index in [-0.39, 0.29) is 13.0 Å². The smallest absolute Gasteiger partial charge is 0.407 e. The molecule has 5 heteroatoms. The van der Waals surface area contributed by atoms with Crippen molar-refractivity contribution in [1.29, 1.82) is 0 Å². The zero-order valence-electron chi connectivity index (χ0n) is 13.4. The van der Waals surface area contributed by atoms with Crippen LogP contribution in [0, 0.1) is 0 Å². The fourth-order valence-electron chi connectivity index (χ4n) is 1.85. The van der Waals surface area contributed by atoms with E-state index >= 15 is 0 Å². The third kappa shape index (κ3) is 6.28. The van der Waals surface area contributed by atoms with Crippen molar-refractivity contribution in [1.82, 2.24) is 5.32 Å². The van der Waals surface area contributed by atoms with E-state index in [1.54, 1.807) is 39.0 Å². The van der Waals surface area contributed by atoms with Crippen LogP contribution in [-0.2, 0) is 4.74 Å². The number of alkyl carbamates (subject to hydrolysis) is 1. The summed E-state index contributed by atoms with van der Waals surface area (Å²) in [5.74, 6) is 0. The standard InChI is InChI=1S/C17H25NO4/c1-5-12-6-8-13(9-7-12)15(20)14(19)10-11-18-16(21)22-17(2,3)4/h5-9,14-15,19-20H,1,10-11H2,2-4H3,(H,18,21). The lowest BCUT2D eigenvalue weighted by atomic mass is 10.0. The first-order valence-corrected chi connectivity index (χ1v) is 7.28. The molecule has 2 atom stereocenters. The second-order valence-electron chi connectivity index (χ2n) is 6.10. The Labute approximate surface area is 131 Å². The topological polar surface area (TPSA) is 78.8 Å². The number of ether oxygens (including phenoxy) is 1. The Hall–Kier alpha value is -1.85. The summed E-state index contributed by atoms with van der Waals surface area (Å²) >= 11 is 0. The van der Waals surface area contributed by atoms with Gasteiger partial charge in [0.1, 0.15) is 11.7 Å². The van der Waals surface area contributed by atoms with Crippen molar-refractivity contribution in [2.75, 3.05) is 6.54 Å². The van der Waals surface area contributed by atoms with Crippen LogP contribution >= 0.6 is 0 Å². The molecule has 1 rings (SSSR count). The first-order valence-electron chi connectivity index (χ1n) is 7.28. The van der Waals surface area contributed by atoms with Crippen molar-refractivity contribution in [3.63, 3.8) is 0 Å². The van der Waals surface area contributed by atoms with Gasteiger partial charge in [0.05, 0.1) is 6.10 Å². The van der Waals surface area contributed by atoms with E-state index in [9.17, 15) is 15.0 Å². The minimum absolute atomic E-state index is 0.220. The maximum absolute atomic E-state index is 11.5. The normalized spacial score (nSPS) is 14.0. The summed E-state index contributed by atoms with van der Waals surface area (Å²) < 4.78 is 5.09. The molecule has 1 aromatic carbocycles. The number of carbonyl (C=O) groups excluding carboxylic acids is 1. The van der Waals surface area contributed by atoms with Crippen LogP contribution in [0.1, 0.15) is 44.4 Å². The first kappa shape index (κ1) is 18.2. The van der Waals surface area contributed by atoms with Gasteiger partial charge in [-0.15, -0.1) is 0 Å². The molecule has 0 heterocycles. The van der Waals surface area contributed by atoms with Gasteiger partial charge in [-0.05, 0) is 38.3 Å². The minimum Gasteiger partial charge on any atom is -0.444 e. The molecule has 0 aromatic heterocycles. The van der Waals surface area contributed by atoms with Gasteiger partial charge >= 0.3 is 6.09 Å². The molecule has 1 amide bonds. The number of amides is 1. The highest BCUT2D eigenvalue weighted by molar-refractivity contribution is 5.67. The Morgan fingerprint density at radius 1 is 1.32 bits per heavy atom. The molecule has 2 unspecified atom stereocenters. The summed E-state index contributed by atoms with van der Waals surface area (Å²) in [5.41, 5.74) is 1.00. The summed E-state index contributed by atoms with van der Waals surface area (Å²) in [6.07, 6.45) is -0.575. The van der Waals surface area contributed by atoms with E-state index in [2.05, 4.69) is 11.9 Å². The number of nitrogens with one attached hydrogen (secondary N) is 1. The van der Waals surface area contributed by atoms with Gasteiger partial charge < -0.3 is 20.3 Å². The predicted molar refractivity (Wildman–Crippen MR) is 86.4 cm³/mol. The molecule has 0 fully saturated rings. The Bertz CT molecular complexity index is 490. The van der Waals surface area contributed by atoms with Crippen LogP contribution in [0.2, 0.25) is 0 Å². The van der Waals surface area contributed by atoms with Gasteiger partial charge in [-0.2, -0.15) is 0 Å². The van der Waals surface area contributed by atoms with Gasteiger partial charge in [0.15, 0.2) is 0 Å². The van der Waals surface area contributed by atoms with E-state index in [1.165, 1.54) is 0 Å². The fourth-order valence-corrected chi connectivity index (χ4v) is 1.85. The Morgan fingerprint density at radius 2 is 1.91 bits per heavy atom. The van der Waals surface area contributed by atoms with Gasteiger partial charge in [0, 0.05) is 6.54 Å². The van der Waals surface area contributed by atoms with Crippen LogP contribution in [0.15, 0.2) is 30.8 Å². The second-order valence-corrected chi connectivity index (χ2v) is 6.10. The van der Waals surface area contributed by atoms with Crippen LogP contribution < -0.4 is 5.32 Å². The van der Waals surface area contributed by atoms with Gasteiger partial charge in [0.25, 0.3) is 0 Å². The lowest BCUT2D eigenvalue weighted by molar-refractivity contribution is 0.0123. The number of carbonyl (C=O) groups is 1. The minimum atomic E-state index is -1.00. The molecule has 122 valence electrons. The summed E-state index contributed by atoms with van der Waals surface area (Å²) in [6, 6.07) is 7.12. The van der Waals surface area contributed by atoms with E-state index < -0.39 is 23.9 Å². The third-order valence-electron chi connectivity index (χ3n) is 2.99. The fraction of sp³-hybridized carbons (Fsp3) is 0.471. The monoisotopic (exact) mass is 307 g/mol. The number of benzene rings is 1. The summed E-state index contributed by atoms with van der Waals surface area (Å²) in [5, 5.41) is 22.6. The molecule has 0 saturated carbocycles. The van der Waals surface area contributed by atoms with Gasteiger partial charge in [0.2, 0.25) is 0 Å². The van der Waals surface area contributed by atoms with Crippen LogP contribution in [0.25, 0.3) is 6.08 Å². The predicted octanol–water partition coefficient (Wildman–Crippen LogP) is 2.64. The molecule has 3 N–H and O–H groups in total. The molecule has 0 bridgehead atoms. The summed E-state index contributed by atoms with van der Waals surface area (Å²) in [7, 11) is 0. The maximum atomic E-state index is 11.5. The number of aliphatic hydroxyl groups excluding tert-OH is 2. The Morgan fingerprint density at radius 3 is 2.41 bits per heavy atom. The average Bonchev–Trinajstić information content (AvgIpc) is 2.44. The highest BCUT2D eigenvalue weighted by Gasteiger charge is 2.19. The van der Waals surface area contributed by atoms with Gasteiger partial charge in [-0.1, -0.05) is 36.9 Å². The van der Waals surface area contributed by atoms with E-state index in [0.29, 0.717) is 5.56 Å². The van der Waals surface area contributed by atoms with Crippen LogP contribution in [-0.4, -0.2) is 34.6 Å². The van der Waals surface area contributed by atoms with Gasteiger partial charge in [-0.3, -0.25) is 0 Å². The molecule has 0 saturated heterocycles. The molecule has 1 aromatic rings. The number of hydrogen-bond donors (Lipinski definition) is 3. The molecule has 0 aliphatic carbocycles. The SMILES string of the molecule is C=Cc1ccc(C(O)C(O)CCNC(=O)OC(C)(C)C)cc1. The molecule has 22 heavy (non-hydrogen) atoms. The van der Waals surface area contributed by atoms with Crippen molar-refractivity contribution in [2.45, 2.75) is 45.0 Å². The van der Waals surface area contributed by atoms with Crippen molar-refractivity contribution in [3.8, 4) is 0 Å². The first-order chi connectivity index (χ1) is 10.2. The van der Waals surface area contributed by atoms with Crippen LogP contribution in [0.5, 0.6) is 0 Å². The van der Waals surface area contributed by atoms with Crippen molar-refractivity contribution >= 4 is 12.2 Å². The molecular formula is C17H25NO4. The van der Waals surface area contributed by atoms with Crippen LogP contribution in [0.4, 0.5) is 4.79 Å². The highest BCUT2D eigenvalue weighted by Crippen LogP contribution is 2.19. The van der Waals surface area contributed by atoms with Crippen molar-refractivity contribution in [2.24, 2.45) is 0 Å². The lowest BCUT2D eigenvalue weighted by Gasteiger charge is -2.21. The van der Waals surface area contributed by atoms with E-state index in [1.807, 2.05) is 12.1 Å². The summed E-state index contributed by atoms with van der Waals surface area (Å²) in [4.78, 5) is 11.5. The second kappa shape index (κ2) is 7.96. The van der Waals surface area contributed by atoms with Crippen molar-refractivity contribution in [3.05, 3.63) is 42.0 Å². The molecule has 0 aliphatic heterocycles. The maximum Gasteiger partial charge on any atom is 0.407 e. The lowest BCUT2D eigenvalue weighted by Crippen LogP contribution is -2.34. The number of rotatable bonds is 6. The van der Waals surface area contributed by atoms with Crippen LogP contribution in [0.3, 0.4) is 0 Å². The Balaban J connectivity index is 2.42. The zero-order chi connectivity index (χ0) is 16.8. The Kier molecular flexibility index (Phi) is 6.59. The average molecular weight is 307 g/mol. The zero-order valence-corrected chi connectivity index (χ0v) is 13.4. The van der Waals surface area contributed by atoms with Crippen molar-refractivity contribution < 1.29 is 19.7 Å². The van der Waals surface area contributed by atoms with Gasteiger partial charge in [-0.25, -0.2) is 4.79 Å². The number of hydrogen-bond acceptors (Lipinski definition) is 4. The molecule has 5 nitrogen and oxygen atoms in total. The number of aliphatic hydroxyl groups is 2. The third-order valence-corrected chi connectivity index (χ3v) is 2.99. The molecule has 0 spiro atoms. The van der Waals surface area contributed by atoms with E-state index in [0.717, 1.165) is 5.56 Å².